The van der Waals surface area contributed by atoms with Crippen molar-refractivity contribution in [2.45, 2.75) is 60.3 Å². The fourth-order valence-electron chi connectivity index (χ4n) is 4.63. The van der Waals surface area contributed by atoms with Gasteiger partial charge in [0, 0.05) is 5.92 Å². The summed E-state index contributed by atoms with van der Waals surface area (Å²) in [5.74, 6) is 2.19. The van der Waals surface area contributed by atoms with Gasteiger partial charge in [-0.15, -0.1) is 0 Å². The van der Waals surface area contributed by atoms with E-state index in [2.05, 4.69) is 19.9 Å². The molecule has 19 heavy (non-hydrogen) atoms. The molecule has 3 atom stereocenters. The number of ether oxygens (including phenoxy) is 1. The zero-order chi connectivity index (χ0) is 14.1. The van der Waals surface area contributed by atoms with E-state index in [9.17, 15) is 4.79 Å². The highest BCUT2D eigenvalue weighted by Gasteiger charge is 2.75. The van der Waals surface area contributed by atoms with Gasteiger partial charge in [0.25, 0.3) is 0 Å². The van der Waals surface area contributed by atoms with Gasteiger partial charge < -0.3 is 4.74 Å². The summed E-state index contributed by atoms with van der Waals surface area (Å²) < 4.78 is 5.73. The molecular weight excluding hydrogens is 236 g/mol. The quantitative estimate of drug-likeness (QED) is 0.658. The minimum absolute atomic E-state index is 0.0859. The summed E-state index contributed by atoms with van der Waals surface area (Å²) in [6.45, 7) is 10.6. The molecule has 0 N–H and O–H groups in total. The third-order valence-corrected chi connectivity index (χ3v) is 5.86. The number of carbonyl (C=O) groups is 1. The van der Waals surface area contributed by atoms with Gasteiger partial charge in [-0.3, -0.25) is 4.79 Å². The van der Waals surface area contributed by atoms with Crippen LogP contribution in [0.2, 0.25) is 0 Å². The lowest BCUT2D eigenvalue weighted by molar-refractivity contribution is -0.149. The highest BCUT2D eigenvalue weighted by Crippen LogP contribution is 2.79. The lowest BCUT2D eigenvalue weighted by atomic mass is 9.66. The van der Waals surface area contributed by atoms with Crippen molar-refractivity contribution in [1.29, 1.82) is 0 Å². The molecule has 0 aromatic heterocycles. The van der Waals surface area contributed by atoms with E-state index in [1.165, 1.54) is 19.3 Å². The zero-order valence-corrected chi connectivity index (χ0v) is 12.9. The molecule has 0 bridgehead atoms. The molecule has 0 aromatic rings. The Kier molecular flexibility index (Phi) is 2.54. The Morgan fingerprint density at radius 3 is 2.63 bits per heavy atom. The van der Waals surface area contributed by atoms with Gasteiger partial charge >= 0.3 is 5.97 Å². The minimum atomic E-state index is -0.411. The molecule has 2 heteroatoms. The minimum Gasteiger partial charge on any atom is -0.431 e. The molecule has 3 aliphatic rings. The first-order chi connectivity index (χ1) is 8.70. The Labute approximate surface area is 116 Å². The highest BCUT2D eigenvalue weighted by atomic mass is 16.5. The average molecular weight is 262 g/mol. The second-order valence-corrected chi connectivity index (χ2v) is 8.35. The smallest absolute Gasteiger partial charge is 0.316 e. The van der Waals surface area contributed by atoms with Crippen LogP contribution in [0, 0.1) is 28.1 Å². The Hall–Kier alpha value is -0.790. The molecule has 0 radical (unpaired) electrons. The Morgan fingerprint density at radius 1 is 1.37 bits per heavy atom. The third kappa shape index (κ3) is 1.64. The van der Waals surface area contributed by atoms with Gasteiger partial charge in [-0.1, -0.05) is 20.3 Å². The van der Waals surface area contributed by atoms with Gasteiger partial charge in [0.2, 0.25) is 0 Å². The van der Waals surface area contributed by atoms with Gasteiger partial charge in [-0.05, 0) is 62.9 Å². The summed E-state index contributed by atoms with van der Waals surface area (Å²) in [6, 6.07) is 0. The van der Waals surface area contributed by atoms with E-state index in [1.807, 2.05) is 20.8 Å². The van der Waals surface area contributed by atoms with E-state index in [0.717, 1.165) is 18.1 Å². The van der Waals surface area contributed by atoms with Crippen LogP contribution in [0.25, 0.3) is 0 Å². The normalized spacial score (nSPS) is 39.1. The van der Waals surface area contributed by atoms with Crippen LogP contribution in [0.15, 0.2) is 11.8 Å². The monoisotopic (exact) mass is 262 g/mol. The number of carbonyl (C=O) groups excluding carboxylic acids is 1. The first kappa shape index (κ1) is 13.2. The second-order valence-electron chi connectivity index (χ2n) is 8.35. The summed E-state index contributed by atoms with van der Waals surface area (Å²) >= 11 is 0. The molecule has 0 aliphatic heterocycles. The standard InChI is InChI=1S/C17H26O2/c1-15(2,3)14(18)19-12-8-10-17-11(13(12)17)7-6-9-16(17,4)5/h8,11,13H,6-7,9-10H2,1-5H3/t11-,13?,17-/m1/s1. The number of fused-ring (bicyclic) bond motifs is 1. The fourth-order valence-corrected chi connectivity index (χ4v) is 4.63. The fraction of sp³-hybridized carbons (Fsp3) is 0.824. The lowest BCUT2D eigenvalue weighted by Crippen LogP contribution is -2.30. The molecule has 0 heterocycles. The van der Waals surface area contributed by atoms with Crippen molar-refractivity contribution in [2.24, 2.45) is 28.1 Å². The number of rotatable bonds is 1. The molecule has 106 valence electrons. The van der Waals surface area contributed by atoms with Crippen molar-refractivity contribution >= 4 is 5.97 Å². The highest BCUT2D eigenvalue weighted by molar-refractivity contribution is 5.76. The topological polar surface area (TPSA) is 26.3 Å². The molecule has 2 saturated carbocycles. The maximum atomic E-state index is 12.1. The molecular formula is C17H26O2. The van der Waals surface area contributed by atoms with Crippen LogP contribution in [0.3, 0.4) is 0 Å². The molecule has 3 rings (SSSR count). The summed E-state index contributed by atoms with van der Waals surface area (Å²) in [7, 11) is 0. The number of hydrogen-bond donors (Lipinski definition) is 0. The van der Waals surface area contributed by atoms with Gasteiger partial charge in [0.15, 0.2) is 0 Å². The Balaban J connectivity index is 1.78. The van der Waals surface area contributed by atoms with Crippen LogP contribution >= 0.6 is 0 Å². The van der Waals surface area contributed by atoms with Crippen LogP contribution in [-0.4, -0.2) is 5.97 Å². The molecule has 0 amide bonds. The molecule has 3 aliphatic carbocycles. The largest absolute Gasteiger partial charge is 0.431 e. The lowest BCUT2D eigenvalue weighted by Gasteiger charge is -2.38. The van der Waals surface area contributed by atoms with E-state index >= 15 is 0 Å². The third-order valence-electron chi connectivity index (χ3n) is 5.86. The summed E-state index contributed by atoms with van der Waals surface area (Å²) in [5, 5.41) is 0. The average Bonchev–Trinajstić information content (AvgIpc) is 2.79. The summed E-state index contributed by atoms with van der Waals surface area (Å²) in [4.78, 5) is 12.1. The number of allylic oxidation sites excluding steroid dienone is 2. The molecule has 2 nitrogen and oxygen atoms in total. The number of hydrogen-bond acceptors (Lipinski definition) is 2. The predicted molar refractivity (Wildman–Crippen MR) is 75.3 cm³/mol. The van der Waals surface area contributed by atoms with E-state index in [0.29, 0.717) is 16.7 Å². The van der Waals surface area contributed by atoms with Crippen LogP contribution in [-0.2, 0) is 9.53 Å². The Bertz CT molecular complexity index is 452. The van der Waals surface area contributed by atoms with Gasteiger partial charge in [-0.2, -0.15) is 0 Å². The van der Waals surface area contributed by atoms with E-state index in [-0.39, 0.29) is 5.97 Å². The molecule has 0 saturated heterocycles. The zero-order valence-electron chi connectivity index (χ0n) is 12.9. The van der Waals surface area contributed by atoms with Crippen molar-refractivity contribution in [3.8, 4) is 0 Å². The van der Waals surface area contributed by atoms with Gasteiger partial charge in [-0.25, -0.2) is 0 Å². The van der Waals surface area contributed by atoms with Crippen LogP contribution in [0.5, 0.6) is 0 Å². The SMILES string of the molecule is CC(C)(C)C(=O)OC1=CC[C@]23C1[C@H]2CCCC3(C)C. The summed E-state index contributed by atoms with van der Waals surface area (Å²) in [5.41, 5.74) is 0.401. The molecule has 1 unspecified atom stereocenters. The van der Waals surface area contributed by atoms with Gasteiger partial charge in [0.05, 0.1) is 5.41 Å². The molecule has 0 aromatic carbocycles. The molecule has 1 spiro atoms. The van der Waals surface area contributed by atoms with Crippen LogP contribution in [0.4, 0.5) is 0 Å². The van der Waals surface area contributed by atoms with Crippen LogP contribution < -0.4 is 0 Å². The number of esters is 1. The van der Waals surface area contributed by atoms with E-state index in [1.54, 1.807) is 0 Å². The van der Waals surface area contributed by atoms with Crippen molar-refractivity contribution in [3.05, 3.63) is 11.8 Å². The van der Waals surface area contributed by atoms with Gasteiger partial charge in [0.1, 0.15) is 5.76 Å². The predicted octanol–water partition coefficient (Wildman–Crippen LogP) is 4.31. The summed E-state index contributed by atoms with van der Waals surface area (Å²) in [6.07, 6.45) is 7.27. The Morgan fingerprint density at radius 2 is 2.05 bits per heavy atom. The van der Waals surface area contributed by atoms with E-state index < -0.39 is 5.41 Å². The van der Waals surface area contributed by atoms with Crippen molar-refractivity contribution in [2.75, 3.05) is 0 Å². The second kappa shape index (κ2) is 3.65. The van der Waals surface area contributed by atoms with Crippen LogP contribution in [0.1, 0.15) is 60.3 Å². The maximum Gasteiger partial charge on any atom is 0.316 e. The first-order valence-corrected chi connectivity index (χ1v) is 7.62. The van der Waals surface area contributed by atoms with Crippen molar-refractivity contribution in [3.63, 3.8) is 0 Å². The maximum absolute atomic E-state index is 12.1. The first-order valence-electron chi connectivity index (χ1n) is 7.62. The van der Waals surface area contributed by atoms with Crippen molar-refractivity contribution in [1.82, 2.24) is 0 Å². The van der Waals surface area contributed by atoms with Crippen molar-refractivity contribution < 1.29 is 9.53 Å². The van der Waals surface area contributed by atoms with E-state index in [4.69, 9.17) is 4.74 Å². The molecule has 2 fully saturated rings.